The molecule has 0 aliphatic heterocycles. The first-order chi connectivity index (χ1) is 7.07. The van der Waals surface area contributed by atoms with Gasteiger partial charge in [-0.05, 0) is 5.92 Å². The minimum atomic E-state index is -4.48. The standard InChI is InChI=1S/C9H14F3NO3/c1-4(5(2)9(10,11)12)7(8(15)16)13-6(3)14/h4-5,7H,1-3H3,(H,13,14)(H,15,16)/t4?,5-,7+/m1/s1. The average Bonchev–Trinajstić information content (AvgIpc) is 2.09. The predicted molar refractivity (Wildman–Crippen MR) is 49.6 cm³/mol. The molecular formula is C9H14F3NO3. The molecule has 0 radical (unpaired) electrons. The van der Waals surface area contributed by atoms with Gasteiger partial charge in [0.05, 0.1) is 5.92 Å². The van der Waals surface area contributed by atoms with Crippen molar-refractivity contribution in [2.45, 2.75) is 33.0 Å². The lowest BCUT2D eigenvalue weighted by molar-refractivity contribution is -0.186. The number of alkyl halides is 3. The fourth-order valence-corrected chi connectivity index (χ4v) is 1.22. The van der Waals surface area contributed by atoms with E-state index in [-0.39, 0.29) is 0 Å². The Bertz CT molecular complexity index is 278. The minimum Gasteiger partial charge on any atom is -0.480 e. The van der Waals surface area contributed by atoms with Crippen LogP contribution in [-0.4, -0.2) is 29.2 Å². The van der Waals surface area contributed by atoms with Crippen LogP contribution in [0.15, 0.2) is 0 Å². The van der Waals surface area contributed by atoms with E-state index in [1.54, 1.807) is 0 Å². The number of hydrogen-bond acceptors (Lipinski definition) is 2. The van der Waals surface area contributed by atoms with E-state index in [0.29, 0.717) is 0 Å². The van der Waals surface area contributed by atoms with E-state index in [1.165, 1.54) is 0 Å². The third kappa shape index (κ3) is 4.08. The molecule has 0 rings (SSSR count). The topological polar surface area (TPSA) is 66.4 Å². The molecule has 0 aromatic rings. The molecule has 4 nitrogen and oxygen atoms in total. The molecule has 0 spiro atoms. The normalized spacial score (nSPS) is 17.4. The van der Waals surface area contributed by atoms with E-state index < -0.39 is 35.9 Å². The molecule has 7 heteroatoms. The number of amides is 1. The largest absolute Gasteiger partial charge is 0.480 e. The summed E-state index contributed by atoms with van der Waals surface area (Å²) in [7, 11) is 0. The van der Waals surface area contributed by atoms with Crippen LogP contribution in [0.2, 0.25) is 0 Å². The molecule has 0 aliphatic rings. The Labute approximate surface area is 90.8 Å². The zero-order valence-corrected chi connectivity index (χ0v) is 9.13. The van der Waals surface area contributed by atoms with Gasteiger partial charge < -0.3 is 10.4 Å². The van der Waals surface area contributed by atoms with Crippen LogP contribution in [0.25, 0.3) is 0 Å². The second-order valence-corrected chi connectivity index (χ2v) is 3.71. The van der Waals surface area contributed by atoms with Gasteiger partial charge in [0.25, 0.3) is 0 Å². The maximum atomic E-state index is 12.4. The van der Waals surface area contributed by atoms with Gasteiger partial charge >= 0.3 is 12.1 Å². The maximum absolute atomic E-state index is 12.4. The molecule has 0 saturated carbocycles. The lowest BCUT2D eigenvalue weighted by atomic mass is 9.88. The summed E-state index contributed by atoms with van der Waals surface area (Å²) in [6, 6.07) is -1.53. The van der Waals surface area contributed by atoms with Crippen molar-refractivity contribution in [3.05, 3.63) is 0 Å². The van der Waals surface area contributed by atoms with Gasteiger partial charge in [-0.25, -0.2) is 4.79 Å². The van der Waals surface area contributed by atoms with Gasteiger partial charge in [0.15, 0.2) is 0 Å². The van der Waals surface area contributed by atoms with Gasteiger partial charge in [-0.15, -0.1) is 0 Å². The number of carbonyl (C=O) groups is 2. The monoisotopic (exact) mass is 241 g/mol. The smallest absolute Gasteiger partial charge is 0.391 e. The fraction of sp³-hybridized carbons (Fsp3) is 0.778. The molecule has 0 bridgehead atoms. The summed E-state index contributed by atoms with van der Waals surface area (Å²) in [5, 5.41) is 10.7. The minimum absolute atomic E-state index is 0.673. The summed E-state index contributed by atoms with van der Waals surface area (Å²) in [5.41, 5.74) is 0. The second-order valence-electron chi connectivity index (χ2n) is 3.71. The molecule has 1 amide bonds. The Morgan fingerprint density at radius 3 is 1.94 bits per heavy atom. The molecule has 0 heterocycles. The molecule has 16 heavy (non-hydrogen) atoms. The van der Waals surface area contributed by atoms with Crippen molar-refractivity contribution < 1.29 is 27.9 Å². The highest BCUT2D eigenvalue weighted by atomic mass is 19.4. The van der Waals surface area contributed by atoms with Gasteiger partial charge in [-0.1, -0.05) is 13.8 Å². The zero-order valence-electron chi connectivity index (χ0n) is 9.13. The Morgan fingerprint density at radius 1 is 1.25 bits per heavy atom. The number of carboxylic acid groups (broad SMARTS) is 1. The lowest BCUT2D eigenvalue weighted by Gasteiger charge is -2.27. The predicted octanol–water partition coefficient (Wildman–Crippen LogP) is 1.41. The van der Waals surface area contributed by atoms with E-state index in [0.717, 1.165) is 20.8 Å². The van der Waals surface area contributed by atoms with Crippen molar-refractivity contribution in [2.75, 3.05) is 0 Å². The molecular weight excluding hydrogens is 227 g/mol. The third-order valence-corrected chi connectivity index (χ3v) is 2.46. The fourth-order valence-electron chi connectivity index (χ4n) is 1.22. The summed E-state index contributed by atoms with van der Waals surface area (Å²) in [5.74, 6) is -5.19. The number of rotatable bonds is 4. The number of carboxylic acids is 1. The summed E-state index contributed by atoms with van der Waals surface area (Å²) in [4.78, 5) is 21.4. The Balaban J connectivity index is 4.81. The van der Waals surface area contributed by atoms with Crippen LogP contribution in [0.5, 0.6) is 0 Å². The van der Waals surface area contributed by atoms with E-state index >= 15 is 0 Å². The first-order valence-corrected chi connectivity index (χ1v) is 4.64. The van der Waals surface area contributed by atoms with E-state index in [4.69, 9.17) is 5.11 Å². The summed E-state index contributed by atoms with van der Waals surface area (Å²) >= 11 is 0. The van der Waals surface area contributed by atoms with Gasteiger partial charge in [0.2, 0.25) is 5.91 Å². The molecule has 94 valence electrons. The van der Waals surface area contributed by atoms with Crippen molar-refractivity contribution in [1.29, 1.82) is 0 Å². The molecule has 2 N–H and O–H groups in total. The molecule has 0 aromatic heterocycles. The number of nitrogens with one attached hydrogen (secondary N) is 1. The van der Waals surface area contributed by atoms with Gasteiger partial charge in [-0.2, -0.15) is 13.2 Å². The van der Waals surface area contributed by atoms with Crippen molar-refractivity contribution in [1.82, 2.24) is 5.32 Å². The quantitative estimate of drug-likeness (QED) is 0.782. The van der Waals surface area contributed by atoms with Crippen molar-refractivity contribution in [2.24, 2.45) is 11.8 Å². The van der Waals surface area contributed by atoms with Crippen LogP contribution in [0.1, 0.15) is 20.8 Å². The maximum Gasteiger partial charge on any atom is 0.391 e. The number of carbonyl (C=O) groups excluding carboxylic acids is 1. The highest BCUT2D eigenvalue weighted by Gasteiger charge is 2.44. The zero-order chi connectivity index (χ0) is 13.1. The number of aliphatic carboxylic acids is 1. The first-order valence-electron chi connectivity index (χ1n) is 4.64. The summed E-state index contributed by atoms with van der Waals surface area (Å²) in [6.07, 6.45) is -4.48. The van der Waals surface area contributed by atoms with E-state index in [1.807, 2.05) is 5.32 Å². The lowest BCUT2D eigenvalue weighted by Crippen LogP contribution is -2.48. The van der Waals surface area contributed by atoms with Crippen molar-refractivity contribution >= 4 is 11.9 Å². The molecule has 0 saturated heterocycles. The van der Waals surface area contributed by atoms with Crippen LogP contribution in [0, 0.1) is 11.8 Å². The summed E-state index contributed by atoms with van der Waals surface area (Å²) in [6.45, 7) is 3.09. The molecule has 0 fully saturated rings. The molecule has 0 aliphatic carbocycles. The Morgan fingerprint density at radius 2 is 1.69 bits per heavy atom. The molecule has 3 atom stereocenters. The van der Waals surface area contributed by atoms with Crippen LogP contribution in [0.4, 0.5) is 13.2 Å². The van der Waals surface area contributed by atoms with E-state index in [9.17, 15) is 22.8 Å². The van der Waals surface area contributed by atoms with Crippen LogP contribution in [0.3, 0.4) is 0 Å². The highest BCUT2D eigenvalue weighted by molar-refractivity contribution is 5.82. The van der Waals surface area contributed by atoms with Gasteiger partial charge in [0, 0.05) is 6.92 Å². The summed E-state index contributed by atoms with van der Waals surface area (Å²) < 4.78 is 37.1. The van der Waals surface area contributed by atoms with E-state index in [2.05, 4.69) is 0 Å². The SMILES string of the molecule is CC(=O)N[C@H](C(=O)O)C(C)[C@@H](C)C(F)(F)F. The van der Waals surface area contributed by atoms with Crippen LogP contribution >= 0.6 is 0 Å². The van der Waals surface area contributed by atoms with Crippen molar-refractivity contribution in [3.63, 3.8) is 0 Å². The van der Waals surface area contributed by atoms with Gasteiger partial charge in [-0.3, -0.25) is 4.79 Å². The van der Waals surface area contributed by atoms with Gasteiger partial charge in [0.1, 0.15) is 6.04 Å². The van der Waals surface area contributed by atoms with Crippen LogP contribution in [-0.2, 0) is 9.59 Å². The number of hydrogen-bond donors (Lipinski definition) is 2. The number of halogens is 3. The average molecular weight is 241 g/mol. The third-order valence-electron chi connectivity index (χ3n) is 2.46. The molecule has 0 aromatic carbocycles. The van der Waals surface area contributed by atoms with Crippen molar-refractivity contribution in [3.8, 4) is 0 Å². The second kappa shape index (κ2) is 5.18. The Hall–Kier alpha value is -1.27. The van der Waals surface area contributed by atoms with Crippen LogP contribution < -0.4 is 5.32 Å². The Kier molecular flexibility index (Phi) is 4.77. The first kappa shape index (κ1) is 14.7. The molecule has 1 unspecified atom stereocenters. The highest BCUT2D eigenvalue weighted by Crippen LogP contribution is 2.33.